The number of nitrogens with one attached hydrogen (secondary N) is 1. The van der Waals surface area contributed by atoms with Crippen molar-refractivity contribution in [1.82, 2.24) is 5.32 Å². The summed E-state index contributed by atoms with van der Waals surface area (Å²) in [5.74, 6) is 0.694. The SMILES string of the molecule is COc1ccc(CNC(=O)c2cc(S(N)(=O)=O)ccc2Br)cc1OC. The molecule has 9 heteroatoms. The van der Waals surface area contributed by atoms with Crippen LogP contribution in [0.2, 0.25) is 0 Å². The van der Waals surface area contributed by atoms with Gasteiger partial charge in [0.15, 0.2) is 11.5 Å². The molecule has 0 radical (unpaired) electrons. The fourth-order valence-corrected chi connectivity index (χ4v) is 3.09. The van der Waals surface area contributed by atoms with Crippen molar-refractivity contribution in [1.29, 1.82) is 0 Å². The van der Waals surface area contributed by atoms with Crippen LogP contribution in [-0.4, -0.2) is 28.5 Å². The van der Waals surface area contributed by atoms with E-state index in [0.29, 0.717) is 16.0 Å². The van der Waals surface area contributed by atoms with E-state index in [9.17, 15) is 13.2 Å². The van der Waals surface area contributed by atoms with Gasteiger partial charge in [-0.25, -0.2) is 13.6 Å². The van der Waals surface area contributed by atoms with Crippen LogP contribution in [0.4, 0.5) is 0 Å². The van der Waals surface area contributed by atoms with Gasteiger partial charge in [-0.1, -0.05) is 6.07 Å². The van der Waals surface area contributed by atoms with Crippen molar-refractivity contribution >= 4 is 31.9 Å². The van der Waals surface area contributed by atoms with E-state index in [2.05, 4.69) is 21.2 Å². The number of hydrogen-bond donors (Lipinski definition) is 2. The lowest BCUT2D eigenvalue weighted by Gasteiger charge is -2.11. The van der Waals surface area contributed by atoms with Crippen LogP contribution in [0.3, 0.4) is 0 Å². The van der Waals surface area contributed by atoms with Gasteiger partial charge >= 0.3 is 0 Å². The summed E-state index contributed by atoms with van der Waals surface area (Å²) >= 11 is 3.23. The molecule has 0 saturated heterocycles. The molecule has 2 aromatic carbocycles. The molecule has 0 atom stereocenters. The first kappa shape index (κ1) is 19.2. The van der Waals surface area contributed by atoms with Gasteiger partial charge in [-0.15, -0.1) is 0 Å². The second-order valence-electron chi connectivity index (χ2n) is 5.06. The molecule has 2 rings (SSSR count). The summed E-state index contributed by atoms with van der Waals surface area (Å²) < 4.78 is 33.7. The summed E-state index contributed by atoms with van der Waals surface area (Å²) in [5, 5.41) is 7.82. The molecule has 0 aliphatic heterocycles. The minimum atomic E-state index is -3.89. The Morgan fingerprint density at radius 2 is 1.80 bits per heavy atom. The van der Waals surface area contributed by atoms with Gasteiger partial charge in [0.05, 0.1) is 24.7 Å². The van der Waals surface area contributed by atoms with Crippen molar-refractivity contribution < 1.29 is 22.7 Å². The van der Waals surface area contributed by atoms with Crippen molar-refractivity contribution in [2.24, 2.45) is 5.14 Å². The lowest BCUT2D eigenvalue weighted by Crippen LogP contribution is -2.24. The molecule has 0 aromatic heterocycles. The minimum Gasteiger partial charge on any atom is -0.493 e. The summed E-state index contributed by atoms with van der Waals surface area (Å²) in [4.78, 5) is 12.2. The molecule has 25 heavy (non-hydrogen) atoms. The van der Waals surface area contributed by atoms with E-state index < -0.39 is 15.9 Å². The molecule has 0 heterocycles. The van der Waals surface area contributed by atoms with E-state index in [4.69, 9.17) is 14.6 Å². The molecule has 3 N–H and O–H groups in total. The highest BCUT2D eigenvalue weighted by atomic mass is 79.9. The normalized spacial score (nSPS) is 11.0. The molecule has 0 aliphatic rings. The third-order valence-corrected chi connectivity index (χ3v) is 5.01. The second kappa shape index (κ2) is 7.85. The van der Waals surface area contributed by atoms with Gasteiger partial charge in [0.25, 0.3) is 5.91 Å². The predicted molar refractivity (Wildman–Crippen MR) is 96.2 cm³/mol. The molecule has 134 valence electrons. The van der Waals surface area contributed by atoms with Gasteiger partial charge in [0, 0.05) is 11.0 Å². The Balaban J connectivity index is 2.18. The highest BCUT2D eigenvalue weighted by Crippen LogP contribution is 2.27. The monoisotopic (exact) mass is 428 g/mol. The van der Waals surface area contributed by atoms with Crippen molar-refractivity contribution in [2.75, 3.05) is 14.2 Å². The molecule has 0 bridgehead atoms. The number of carbonyl (C=O) groups excluding carboxylic acids is 1. The fourth-order valence-electron chi connectivity index (χ4n) is 2.12. The van der Waals surface area contributed by atoms with Gasteiger partial charge in [0.2, 0.25) is 10.0 Å². The number of hydrogen-bond acceptors (Lipinski definition) is 5. The predicted octanol–water partition coefficient (Wildman–Crippen LogP) is 2.04. The summed E-state index contributed by atoms with van der Waals surface area (Å²) in [5.41, 5.74) is 0.969. The number of nitrogens with two attached hydrogens (primary N) is 1. The first-order valence-electron chi connectivity index (χ1n) is 7.07. The number of carbonyl (C=O) groups is 1. The van der Waals surface area contributed by atoms with Crippen LogP contribution in [0.15, 0.2) is 45.8 Å². The Morgan fingerprint density at radius 1 is 1.12 bits per heavy atom. The van der Waals surface area contributed by atoms with Gasteiger partial charge in [-0.2, -0.15) is 0 Å². The van der Waals surface area contributed by atoms with Crippen LogP contribution in [-0.2, 0) is 16.6 Å². The molecular formula is C16H17BrN2O5S. The number of ether oxygens (including phenoxy) is 2. The molecule has 2 aromatic rings. The van der Waals surface area contributed by atoms with Crippen LogP contribution >= 0.6 is 15.9 Å². The highest BCUT2D eigenvalue weighted by Gasteiger charge is 2.15. The second-order valence-corrected chi connectivity index (χ2v) is 7.47. The lowest BCUT2D eigenvalue weighted by molar-refractivity contribution is 0.0950. The van der Waals surface area contributed by atoms with Crippen LogP contribution in [0, 0.1) is 0 Å². The number of methoxy groups -OCH3 is 2. The molecule has 0 aliphatic carbocycles. The Morgan fingerprint density at radius 3 is 2.40 bits per heavy atom. The smallest absolute Gasteiger partial charge is 0.252 e. The van der Waals surface area contributed by atoms with E-state index in [0.717, 1.165) is 5.56 Å². The average Bonchev–Trinajstić information content (AvgIpc) is 2.58. The largest absolute Gasteiger partial charge is 0.493 e. The Bertz CT molecular complexity index is 899. The Kier molecular flexibility index (Phi) is 6.04. The molecule has 0 unspecified atom stereocenters. The number of primary sulfonamides is 1. The summed E-state index contributed by atoms with van der Waals surface area (Å²) in [6.07, 6.45) is 0. The zero-order chi connectivity index (χ0) is 18.6. The first-order chi connectivity index (χ1) is 11.8. The molecule has 0 fully saturated rings. The van der Waals surface area contributed by atoms with Crippen molar-refractivity contribution in [2.45, 2.75) is 11.4 Å². The van der Waals surface area contributed by atoms with Crippen LogP contribution < -0.4 is 19.9 Å². The first-order valence-corrected chi connectivity index (χ1v) is 9.41. The number of amides is 1. The van der Waals surface area contributed by atoms with Gasteiger partial charge in [0.1, 0.15) is 0 Å². The highest BCUT2D eigenvalue weighted by molar-refractivity contribution is 9.10. The molecule has 1 amide bonds. The summed E-state index contributed by atoms with van der Waals surface area (Å²) in [6, 6.07) is 9.28. The maximum absolute atomic E-state index is 12.4. The van der Waals surface area contributed by atoms with Crippen LogP contribution in [0.25, 0.3) is 0 Å². The fraction of sp³-hybridized carbons (Fsp3) is 0.188. The van der Waals surface area contributed by atoms with Crippen molar-refractivity contribution in [3.8, 4) is 11.5 Å². The van der Waals surface area contributed by atoms with E-state index >= 15 is 0 Å². The number of halogens is 1. The van der Waals surface area contributed by atoms with E-state index in [1.165, 1.54) is 32.4 Å². The van der Waals surface area contributed by atoms with Crippen molar-refractivity contribution in [3.63, 3.8) is 0 Å². The van der Waals surface area contributed by atoms with Gasteiger partial charge < -0.3 is 14.8 Å². The van der Waals surface area contributed by atoms with E-state index in [1.54, 1.807) is 18.2 Å². The van der Waals surface area contributed by atoms with Gasteiger partial charge in [-0.05, 0) is 51.8 Å². The van der Waals surface area contributed by atoms with Crippen LogP contribution in [0.5, 0.6) is 11.5 Å². The Hall–Kier alpha value is -2.10. The van der Waals surface area contributed by atoms with E-state index in [-0.39, 0.29) is 17.0 Å². The van der Waals surface area contributed by atoms with Crippen molar-refractivity contribution in [3.05, 3.63) is 52.0 Å². The standard InChI is InChI=1S/C16H17BrN2O5S/c1-23-14-6-3-10(7-15(14)24-2)9-19-16(20)12-8-11(25(18,21)22)4-5-13(12)17/h3-8H,9H2,1-2H3,(H,19,20)(H2,18,21,22). The molecule has 7 nitrogen and oxygen atoms in total. The quantitative estimate of drug-likeness (QED) is 0.731. The topological polar surface area (TPSA) is 108 Å². The average molecular weight is 429 g/mol. The zero-order valence-electron chi connectivity index (χ0n) is 13.6. The van der Waals surface area contributed by atoms with E-state index in [1.807, 2.05) is 0 Å². The summed E-state index contributed by atoms with van der Waals surface area (Å²) in [6.45, 7) is 0.227. The maximum atomic E-state index is 12.4. The zero-order valence-corrected chi connectivity index (χ0v) is 16.0. The van der Waals surface area contributed by atoms with Crippen LogP contribution in [0.1, 0.15) is 15.9 Å². The number of benzene rings is 2. The minimum absolute atomic E-state index is 0.132. The number of sulfonamides is 1. The molecule has 0 spiro atoms. The third-order valence-electron chi connectivity index (χ3n) is 3.41. The summed E-state index contributed by atoms with van der Waals surface area (Å²) in [7, 11) is -0.830. The Labute approximate surface area is 154 Å². The third kappa shape index (κ3) is 4.71. The number of rotatable bonds is 6. The molecular weight excluding hydrogens is 412 g/mol. The van der Waals surface area contributed by atoms with Gasteiger partial charge in [-0.3, -0.25) is 4.79 Å². The molecule has 0 saturated carbocycles. The lowest BCUT2D eigenvalue weighted by atomic mass is 10.1. The maximum Gasteiger partial charge on any atom is 0.252 e.